The van der Waals surface area contributed by atoms with E-state index >= 15 is 0 Å². The standard InChI is InChI=1S/C13H17BrN2O3/c14-9-7-10(15-8-9)11(17)16-13(12(18)19)5-3-1-2-4-6-13/h7-8,15H,1-6H2,(H,16,17)(H,18,19). The molecule has 0 saturated heterocycles. The molecule has 3 N–H and O–H groups in total. The van der Waals surface area contributed by atoms with Crippen LogP contribution in [0.3, 0.4) is 0 Å². The molecule has 0 radical (unpaired) electrons. The summed E-state index contributed by atoms with van der Waals surface area (Å²) in [5.41, 5.74) is -0.748. The first-order valence-electron chi connectivity index (χ1n) is 6.43. The highest BCUT2D eigenvalue weighted by Gasteiger charge is 2.40. The third kappa shape index (κ3) is 3.18. The first-order valence-corrected chi connectivity index (χ1v) is 7.23. The number of H-pyrrole nitrogens is 1. The minimum atomic E-state index is -1.12. The fraction of sp³-hybridized carbons (Fsp3) is 0.538. The first-order chi connectivity index (χ1) is 9.03. The molecule has 0 aromatic carbocycles. The average Bonchev–Trinajstić information content (AvgIpc) is 2.65. The summed E-state index contributed by atoms with van der Waals surface area (Å²) in [6.45, 7) is 0. The number of aromatic nitrogens is 1. The molecule has 2 rings (SSSR count). The van der Waals surface area contributed by atoms with E-state index in [1.165, 1.54) is 0 Å². The van der Waals surface area contributed by atoms with Crippen molar-refractivity contribution in [1.82, 2.24) is 10.3 Å². The lowest BCUT2D eigenvalue weighted by atomic mass is 9.90. The highest BCUT2D eigenvalue weighted by Crippen LogP contribution is 2.28. The molecule has 1 aliphatic carbocycles. The maximum Gasteiger partial charge on any atom is 0.329 e. The summed E-state index contributed by atoms with van der Waals surface area (Å²) in [6, 6.07) is 1.64. The van der Waals surface area contributed by atoms with E-state index in [1.807, 2.05) is 0 Å². The largest absolute Gasteiger partial charge is 0.480 e. The molecule has 104 valence electrons. The maximum absolute atomic E-state index is 12.1. The minimum absolute atomic E-state index is 0.366. The molecule has 19 heavy (non-hydrogen) atoms. The second kappa shape index (κ2) is 5.77. The second-order valence-corrected chi connectivity index (χ2v) is 5.90. The number of carboxylic acids is 1. The van der Waals surface area contributed by atoms with Crippen molar-refractivity contribution in [2.75, 3.05) is 0 Å². The van der Waals surface area contributed by atoms with E-state index in [0.717, 1.165) is 30.2 Å². The highest BCUT2D eigenvalue weighted by molar-refractivity contribution is 9.10. The van der Waals surface area contributed by atoms with Crippen molar-refractivity contribution >= 4 is 27.8 Å². The van der Waals surface area contributed by atoms with Crippen LogP contribution in [0.4, 0.5) is 0 Å². The lowest BCUT2D eigenvalue weighted by Gasteiger charge is -2.29. The molecule has 1 aromatic heterocycles. The normalized spacial score (nSPS) is 18.6. The van der Waals surface area contributed by atoms with E-state index in [4.69, 9.17) is 0 Å². The smallest absolute Gasteiger partial charge is 0.329 e. The Morgan fingerprint density at radius 2 is 1.89 bits per heavy atom. The van der Waals surface area contributed by atoms with E-state index in [2.05, 4.69) is 26.2 Å². The molecule has 1 heterocycles. The van der Waals surface area contributed by atoms with E-state index in [1.54, 1.807) is 12.3 Å². The Labute approximate surface area is 119 Å². The Hall–Kier alpha value is -1.30. The molecule has 1 fully saturated rings. The van der Waals surface area contributed by atoms with Gasteiger partial charge in [-0.25, -0.2) is 4.79 Å². The number of hydrogen-bond donors (Lipinski definition) is 3. The van der Waals surface area contributed by atoms with Crippen molar-refractivity contribution in [3.8, 4) is 0 Å². The Morgan fingerprint density at radius 1 is 1.26 bits per heavy atom. The van der Waals surface area contributed by atoms with Crippen molar-refractivity contribution in [3.63, 3.8) is 0 Å². The van der Waals surface area contributed by atoms with Crippen LogP contribution in [0.15, 0.2) is 16.7 Å². The van der Waals surface area contributed by atoms with Crippen molar-refractivity contribution in [3.05, 3.63) is 22.4 Å². The molecule has 5 nitrogen and oxygen atoms in total. The van der Waals surface area contributed by atoms with Crippen LogP contribution in [0.2, 0.25) is 0 Å². The van der Waals surface area contributed by atoms with E-state index in [-0.39, 0.29) is 5.91 Å². The van der Waals surface area contributed by atoms with Gasteiger partial charge in [-0.05, 0) is 34.8 Å². The Balaban J connectivity index is 2.16. The summed E-state index contributed by atoms with van der Waals surface area (Å²) < 4.78 is 0.767. The summed E-state index contributed by atoms with van der Waals surface area (Å²) in [5, 5.41) is 12.2. The van der Waals surface area contributed by atoms with Crippen molar-refractivity contribution in [1.29, 1.82) is 0 Å². The van der Waals surface area contributed by atoms with Gasteiger partial charge in [-0.2, -0.15) is 0 Å². The van der Waals surface area contributed by atoms with Crippen molar-refractivity contribution in [2.24, 2.45) is 0 Å². The predicted molar refractivity (Wildman–Crippen MR) is 74.0 cm³/mol. The number of hydrogen-bond acceptors (Lipinski definition) is 2. The quantitative estimate of drug-likeness (QED) is 0.746. The molecule has 0 unspecified atom stereocenters. The molecular formula is C13H17BrN2O3. The van der Waals surface area contributed by atoms with Gasteiger partial charge in [0.2, 0.25) is 0 Å². The molecule has 0 atom stereocenters. The predicted octanol–water partition coefficient (Wildman–Crippen LogP) is 2.68. The summed E-state index contributed by atoms with van der Waals surface area (Å²) in [4.78, 5) is 26.5. The zero-order valence-electron chi connectivity index (χ0n) is 10.5. The summed E-state index contributed by atoms with van der Waals surface area (Å²) in [7, 11) is 0. The van der Waals surface area contributed by atoms with Gasteiger partial charge < -0.3 is 15.4 Å². The second-order valence-electron chi connectivity index (χ2n) is 4.99. The number of halogens is 1. The number of carbonyl (C=O) groups is 2. The first kappa shape index (κ1) is 14.1. The van der Waals surface area contributed by atoms with Crippen molar-refractivity contribution < 1.29 is 14.7 Å². The van der Waals surface area contributed by atoms with Gasteiger partial charge in [0.05, 0.1) is 0 Å². The van der Waals surface area contributed by atoms with Gasteiger partial charge in [0, 0.05) is 10.7 Å². The molecule has 0 aliphatic heterocycles. The van der Waals surface area contributed by atoms with Gasteiger partial charge in [-0.1, -0.05) is 25.7 Å². The zero-order chi connectivity index (χ0) is 13.9. The third-order valence-electron chi connectivity index (χ3n) is 3.61. The molecule has 0 spiro atoms. The van der Waals surface area contributed by atoms with E-state index in [9.17, 15) is 14.7 Å². The molecule has 1 saturated carbocycles. The van der Waals surface area contributed by atoms with Gasteiger partial charge in [0.15, 0.2) is 0 Å². The molecular weight excluding hydrogens is 312 g/mol. The van der Waals surface area contributed by atoms with Crippen LogP contribution in [0, 0.1) is 0 Å². The van der Waals surface area contributed by atoms with Crippen LogP contribution in [0.25, 0.3) is 0 Å². The average molecular weight is 329 g/mol. The van der Waals surface area contributed by atoms with E-state index in [0.29, 0.717) is 18.5 Å². The number of carbonyl (C=O) groups excluding carboxylic acids is 1. The number of rotatable bonds is 3. The van der Waals surface area contributed by atoms with Gasteiger partial charge in [-0.3, -0.25) is 4.79 Å². The van der Waals surface area contributed by atoms with Crippen molar-refractivity contribution in [2.45, 2.75) is 44.1 Å². The molecule has 1 amide bonds. The lowest BCUT2D eigenvalue weighted by molar-refractivity contribution is -0.145. The van der Waals surface area contributed by atoms with Gasteiger partial charge >= 0.3 is 5.97 Å². The molecule has 0 bridgehead atoms. The van der Waals surface area contributed by atoms with Crippen LogP contribution in [-0.2, 0) is 4.79 Å². The number of carboxylic acid groups (broad SMARTS) is 1. The topological polar surface area (TPSA) is 82.2 Å². The maximum atomic E-state index is 12.1. The molecule has 1 aromatic rings. The van der Waals surface area contributed by atoms with Crippen LogP contribution in [-0.4, -0.2) is 27.5 Å². The number of aliphatic carboxylic acids is 1. The van der Waals surface area contributed by atoms with Crippen LogP contribution >= 0.6 is 15.9 Å². The summed E-state index contributed by atoms with van der Waals surface area (Å²) in [5.74, 6) is -1.30. The Kier molecular flexibility index (Phi) is 4.29. The van der Waals surface area contributed by atoms with Crippen LogP contribution in [0.5, 0.6) is 0 Å². The third-order valence-corrected chi connectivity index (χ3v) is 4.07. The highest BCUT2D eigenvalue weighted by atomic mass is 79.9. The Morgan fingerprint density at radius 3 is 2.37 bits per heavy atom. The zero-order valence-corrected chi connectivity index (χ0v) is 12.1. The van der Waals surface area contributed by atoms with Gasteiger partial charge in [-0.15, -0.1) is 0 Å². The van der Waals surface area contributed by atoms with Gasteiger partial charge in [0.25, 0.3) is 5.91 Å². The van der Waals surface area contributed by atoms with Crippen LogP contribution < -0.4 is 5.32 Å². The fourth-order valence-electron chi connectivity index (χ4n) is 2.51. The lowest BCUT2D eigenvalue weighted by Crippen LogP contribution is -2.54. The number of aromatic amines is 1. The molecule has 1 aliphatic rings. The minimum Gasteiger partial charge on any atom is -0.480 e. The fourth-order valence-corrected chi connectivity index (χ4v) is 2.85. The Bertz CT molecular complexity index is 476. The number of amides is 1. The summed E-state index contributed by atoms with van der Waals surface area (Å²) >= 11 is 3.25. The van der Waals surface area contributed by atoms with E-state index < -0.39 is 11.5 Å². The van der Waals surface area contributed by atoms with Crippen LogP contribution in [0.1, 0.15) is 49.0 Å². The SMILES string of the molecule is O=C(NC1(C(=O)O)CCCCCC1)c1cc(Br)c[nH]1. The monoisotopic (exact) mass is 328 g/mol. The molecule has 6 heteroatoms. The number of nitrogens with one attached hydrogen (secondary N) is 2. The summed E-state index contributed by atoms with van der Waals surface area (Å²) in [6.07, 6.45) is 6.36. The van der Waals surface area contributed by atoms with Gasteiger partial charge in [0.1, 0.15) is 11.2 Å².